The fraction of sp³-hybridized carbons (Fsp3) is 0.347. The van der Waals surface area contributed by atoms with Crippen LogP contribution < -0.4 is 33.5 Å². The molecule has 2 aliphatic heterocycles. The van der Waals surface area contributed by atoms with Crippen molar-refractivity contribution in [2.24, 2.45) is 9.98 Å². The zero-order chi connectivity index (χ0) is 43.8. The van der Waals surface area contributed by atoms with Crippen molar-refractivity contribution in [3.05, 3.63) is 119 Å². The highest BCUT2D eigenvalue weighted by Crippen LogP contribution is 2.40. The SMILES string of the molecule is C=Nc1cc(OCc2cc(OCCCC(C)(C)SSC)cc(COc3cc(/N=C\[C@@H]4Cc5ccccc5N4C)c(C)cc3OC)n2)c(OC)cc1C(=O)N1CCc2ccccc21. The summed E-state index contributed by atoms with van der Waals surface area (Å²) >= 11 is 0. The Morgan fingerprint density at radius 1 is 0.871 bits per heavy atom. The largest absolute Gasteiger partial charge is 0.493 e. The first-order valence-electron chi connectivity index (χ1n) is 20.7. The van der Waals surface area contributed by atoms with Gasteiger partial charge in [0.25, 0.3) is 5.91 Å². The van der Waals surface area contributed by atoms with Crippen molar-refractivity contribution in [3.63, 3.8) is 0 Å². The van der Waals surface area contributed by atoms with Gasteiger partial charge in [0.1, 0.15) is 19.0 Å². The summed E-state index contributed by atoms with van der Waals surface area (Å²) in [5, 5.41) is 0. The molecule has 0 N–H and O–H groups in total. The summed E-state index contributed by atoms with van der Waals surface area (Å²) in [5.41, 5.74) is 8.38. The van der Waals surface area contributed by atoms with Gasteiger partial charge in [-0.15, -0.1) is 0 Å². The first-order valence-corrected chi connectivity index (χ1v) is 23.3. The minimum Gasteiger partial charge on any atom is -0.493 e. The number of rotatable bonds is 19. The van der Waals surface area contributed by atoms with Gasteiger partial charge in [-0.2, -0.15) is 0 Å². The molecule has 11 nitrogen and oxygen atoms in total. The number of fused-ring (bicyclic) bond motifs is 2. The van der Waals surface area contributed by atoms with Crippen molar-refractivity contribution < 1.29 is 28.5 Å². The Labute approximate surface area is 373 Å². The molecule has 1 atom stereocenters. The van der Waals surface area contributed by atoms with E-state index >= 15 is 0 Å². The van der Waals surface area contributed by atoms with Gasteiger partial charge >= 0.3 is 0 Å². The fourth-order valence-corrected chi connectivity index (χ4v) is 10.2. The first-order chi connectivity index (χ1) is 30.0. The van der Waals surface area contributed by atoms with Crippen LogP contribution in [0.15, 0.2) is 94.9 Å². The Morgan fingerprint density at radius 2 is 1.52 bits per heavy atom. The van der Waals surface area contributed by atoms with Gasteiger partial charge in [0, 0.05) is 60.2 Å². The monoisotopic (exact) mass is 873 g/mol. The number of carbonyl (C=O) groups is 1. The Morgan fingerprint density at radius 3 is 2.18 bits per heavy atom. The Balaban J connectivity index is 1.10. The van der Waals surface area contributed by atoms with Crippen molar-refractivity contribution in [3.8, 4) is 28.7 Å². The topological polar surface area (TPSA) is 107 Å². The van der Waals surface area contributed by atoms with Gasteiger partial charge in [-0.3, -0.25) is 19.8 Å². The van der Waals surface area contributed by atoms with E-state index in [1.165, 1.54) is 11.3 Å². The van der Waals surface area contributed by atoms with Crippen LogP contribution in [-0.4, -0.2) is 75.3 Å². The highest BCUT2D eigenvalue weighted by molar-refractivity contribution is 8.76. The van der Waals surface area contributed by atoms with Crippen molar-refractivity contribution in [1.29, 1.82) is 0 Å². The smallest absolute Gasteiger partial charge is 0.260 e. The molecule has 324 valence electrons. The molecule has 0 radical (unpaired) electrons. The summed E-state index contributed by atoms with van der Waals surface area (Å²) in [4.78, 5) is 32.0. The maximum absolute atomic E-state index is 13.9. The van der Waals surface area contributed by atoms with E-state index in [-0.39, 0.29) is 29.9 Å². The molecule has 0 spiro atoms. The molecule has 62 heavy (non-hydrogen) atoms. The number of amides is 1. The quantitative estimate of drug-likeness (QED) is 0.0452. The van der Waals surface area contributed by atoms with E-state index in [0.29, 0.717) is 64.5 Å². The number of nitrogens with zero attached hydrogens (tertiary/aromatic N) is 5. The molecule has 0 aliphatic carbocycles. The molecular formula is C49H55N5O6S2. The lowest BCUT2D eigenvalue weighted by Gasteiger charge is -2.22. The van der Waals surface area contributed by atoms with Gasteiger partial charge in [0.05, 0.1) is 55.2 Å². The van der Waals surface area contributed by atoms with Gasteiger partial charge < -0.3 is 33.5 Å². The fourth-order valence-electron chi connectivity index (χ4n) is 7.88. The average molecular weight is 874 g/mol. The molecule has 0 bridgehead atoms. The third-order valence-corrected chi connectivity index (χ3v) is 13.8. The number of likely N-dealkylation sites (N-methyl/N-ethyl adjacent to an activating group) is 1. The van der Waals surface area contributed by atoms with E-state index in [0.717, 1.165) is 48.2 Å². The van der Waals surface area contributed by atoms with E-state index < -0.39 is 0 Å². The third kappa shape index (κ3) is 10.3. The van der Waals surface area contributed by atoms with Crippen molar-refractivity contribution in [2.45, 2.75) is 70.5 Å². The zero-order valence-electron chi connectivity index (χ0n) is 36.6. The molecule has 1 amide bonds. The summed E-state index contributed by atoms with van der Waals surface area (Å²) in [6, 6.07) is 27.6. The lowest BCUT2D eigenvalue weighted by atomic mass is 10.1. The van der Waals surface area contributed by atoms with E-state index in [2.05, 4.69) is 68.0 Å². The molecular weight excluding hydrogens is 819 g/mol. The van der Waals surface area contributed by atoms with E-state index in [4.69, 9.17) is 33.7 Å². The molecule has 2 aliphatic rings. The van der Waals surface area contributed by atoms with Gasteiger partial charge in [0.15, 0.2) is 23.0 Å². The van der Waals surface area contributed by atoms with Crippen LogP contribution in [0.3, 0.4) is 0 Å². The van der Waals surface area contributed by atoms with Crippen molar-refractivity contribution in [2.75, 3.05) is 50.5 Å². The van der Waals surface area contributed by atoms with Crippen LogP contribution in [0.1, 0.15) is 65.1 Å². The highest BCUT2D eigenvalue weighted by atomic mass is 33.1. The average Bonchev–Trinajstić information content (AvgIpc) is 3.86. The highest BCUT2D eigenvalue weighted by Gasteiger charge is 2.29. The van der Waals surface area contributed by atoms with Gasteiger partial charge in [0.2, 0.25) is 0 Å². The predicted octanol–water partition coefficient (Wildman–Crippen LogP) is 10.8. The normalized spacial score (nSPS) is 14.5. The van der Waals surface area contributed by atoms with Gasteiger partial charge in [-0.1, -0.05) is 58.0 Å². The number of anilines is 2. The number of benzene rings is 4. The minimum absolute atomic E-state index is 0.0769. The Bertz CT molecular complexity index is 2440. The maximum atomic E-state index is 13.9. The number of hydrogen-bond acceptors (Lipinski definition) is 12. The van der Waals surface area contributed by atoms with Crippen LogP contribution >= 0.6 is 21.6 Å². The number of aliphatic imine (C=N–C) groups is 2. The number of ether oxygens (including phenoxy) is 5. The second kappa shape index (κ2) is 20.0. The molecule has 4 aromatic carbocycles. The van der Waals surface area contributed by atoms with Gasteiger partial charge in [-0.05, 0) is 100 Å². The number of aromatic nitrogens is 1. The summed E-state index contributed by atoms with van der Waals surface area (Å²) in [6.45, 7) is 11.6. The molecule has 13 heteroatoms. The van der Waals surface area contributed by atoms with Crippen molar-refractivity contribution >= 4 is 63.2 Å². The van der Waals surface area contributed by atoms with Crippen LogP contribution in [0, 0.1) is 6.92 Å². The predicted molar refractivity (Wildman–Crippen MR) is 255 cm³/mol. The third-order valence-electron chi connectivity index (χ3n) is 11.1. The van der Waals surface area contributed by atoms with Crippen LogP contribution in [0.4, 0.5) is 22.7 Å². The van der Waals surface area contributed by atoms with Crippen LogP contribution in [0.5, 0.6) is 28.7 Å². The molecule has 1 aromatic heterocycles. The maximum Gasteiger partial charge on any atom is 0.260 e. The number of aryl methyl sites for hydroxylation is 1. The summed E-state index contributed by atoms with van der Waals surface area (Å²) < 4.78 is 30.8. The number of methoxy groups -OCH3 is 2. The minimum atomic E-state index is -0.176. The molecule has 0 saturated heterocycles. The summed E-state index contributed by atoms with van der Waals surface area (Å²) in [6.07, 6.45) is 7.69. The molecule has 0 saturated carbocycles. The Kier molecular flexibility index (Phi) is 14.3. The van der Waals surface area contributed by atoms with Gasteiger partial charge in [-0.25, -0.2) is 0 Å². The van der Waals surface area contributed by atoms with E-state index in [1.807, 2.05) is 72.5 Å². The lowest BCUT2D eigenvalue weighted by molar-refractivity contribution is 0.0989. The molecule has 7 rings (SSSR count). The summed E-state index contributed by atoms with van der Waals surface area (Å²) in [7, 11) is 8.93. The second-order valence-corrected chi connectivity index (χ2v) is 19.0. The van der Waals surface area contributed by atoms with E-state index in [1.54, 1.807) is 42.0 Å². The van der Waals surface area contributed by atoms with Crippen LogP contribution in [0.2, 0.25) is 0 Å². The molecule has 3 heterocycles. The number of hydrogen-bond donors (Lipinski definition) is 0. The summed E-state index contributed by atoms with van der Waals surface area (Å²) in [5.74, 6) is 2.42. The van der Waals surface area contributed by atoms with Crippen molar-refractivity contribution in [1.82, 2.24) is 4.98 Å². The molecule has 5 aromatic rings. The number of para-hydroxylation sites is 2. The Hall–Kier alpha value is -5.66. The number of carbonyl (C=O) groups excluding carboxylic acids is 1. The first kappa shape index (κ1) is 44.4. The van der Waals surface area contributed by atoms with Crippen LogP contribution in [-0.2, 0) is 26.1 Å². The number of pyridine rings is 1. The zero-order valence-corrected chi connectivity index (χ0v) is 38.2. The van der Waals surface area contributed by atoms with E-state index in [9.17, 15) is 4.79 Å². The second-order valence-electron chi connectivity index (χ2n) is 15.9. The van der Waals surface area contributed by atoms with Crippen LogP contribution in [0.25, 0.3) is 0 Å². The lowest BCUT2D eigenvalue weighted by Crippen LogP contribution is -2.29. The standard InChI is InChI=1S/C49H55N5O6S2/c1-32-22-44(56-6)46(27-40(32)51-29-37-23-34-15-10-11-16-42(34)53(37)5)59-30-35-24-38(58-21-13-19-49(2,3)62-61-8)25-36(52-35)31-60-47-28-41(50-4)39(26-45(47)57-7)48(55)54-20-18-33-14-9-12-17-43(33)54/h9-12,14-17,22,24-29,37H,4,13,18-21,23,30-31H2,1-3,5-8H3/b51-29-/t37-/m0/s1. The molecule has 0 fully saturated rings. The molecule has 0 unspecified atom stereocenters.